The standard InChI is InChI=1S/C13H18FN/c1-10(14)12-5-2-4-11(8-12)9-13-6-3-7-15-13/h2,4-5,8,10,13,15H,3,6-7,9H2,1H3. The van der Waals surface area contributed by atoms with Gasteiger partial charge in [-0.25, -0.2) is 4.39 Å². The Balaban J connectivity index is 2.04. The Morgan fingerprint density at radius 3 is 3.07 bits per heavy atom. The molecular weight excluding hydrogens is 189 g/mol. The molecular formula is C13H18FN. The number of rotatable bonds is 3. The fourth-order valence-electron chi connectivity index (χ4n) is 2.18. The average Bonchev–Trinajstić information content (AvgIpc) is 2.71. The number of hydrogen-bond acceptors (Lipinski definition) is 1. The van der Waals surface area contributed by atoms with E-state index < -0.39 is 6.17 Å². The molecule has 0 bridgehead atoms. The molecule has 1 aromatic carbocycles. The van der Waals surface area contributed by atoms with E-state index in [2.05, 4.69) is 11.4 Å². The van der Waals surface area contributed by atoms with Crippen molar-refractivity contribution in [1.82, 2.24) is 5.32 Å². The van der Waals surface area contributed by atoms with Gasteiger partial charge in [0.2, 0.25) is 0 Å². The topological polar surface area (TPSA) is 12.0 Å². The van der Waals surface area contributed by atoms with Crippen molar-refractivity contribution in [1.29, 1.82) is 0 Å². The minimum Gasteiger partial charge on any atom is -0.314 e. The van der Waals surface area contributed by atoms with Gasteiger partial charge in [0.1, 0.15) is 6.17 Å². The van der Waals surface area contributed by atoms with Crippen molar-refractivity contribution < 1.29 is 4.39 Å². The molecule has 0 aromatic heterocycles. The largest absolute Gasteiger partial charge is 0.314 e. The predicted molar refractivity (Wildman–Crippen MR) is 60.7 cm³/mol. The Morgan fingerprint density at radius 1 is 1.53 bits per heavy atom. The normalized spacial score (nSPS) is 22.9. The van der Waals surface area contributed by atoms with E-state index in [9.17, 15) is 4.39 Å². The van der Waals surface area contributed by atoms with Crippen LogP contribution in [0, 0.1) is 0 Å². The minimum atomic E-state index is -0.860. The third-order valence-electron chi connectivity index (χ3n) is 3.05. The molecule has 82 valence electrons. The van der Waals surface area contributed by atoms with Crippen LogP contribution in [0.1, 0.15) is 37.1 Å². The van der Waals surface area contributed by atoms with Crippen LogP contribution in [0.2, 0.25) is 0 Å². The Hall–Kier alpha value is -0.890. The summed E-state index contributed by atoms with van der Waals surface area (Å²) < 4.78 is 13.1. The lowest BCUT2D eigenvalue weighted by atomic mass is 10.0. The monoisotopic (exact) mass is 207 g/mol. The fraction of sp³-hybridized carbons (Fsp3) is 0.538. The summed E-state index contributed by atoms with van der Waals surface area (Å²) in [6.45, 7) is 2.72. The molecule has 1 aromatic rings. The highest BCUT2D eigenvalue weighted by Gasteiger charge is 2.14. The van der Waals surface area contributed by atoms with Crippen LogP contribution in [0.4, 0.5) is 4.39 Å². The van der Waals surface area contributed by atoms with Crippen molar-refractivity contribution in [3.8, 4) is 0 Å². The lowest BCUT2D eigenvalue weighted by molar-refractivity contribution is 0.374. The van der Waals surface area contributed by atoms with Gasteiger partial charge in [-0.2, -0.15) is 0 Å². The quantitative estimate of drug-likeness (QED) is 0.803. The highest BCUT2D eigenvalue weighted by Crippen LogP contribution is 2.19. The summed E-state index contributed by atoms with van der Waals surface area (Å²) in [6.07, 6.45) is 2.68. The predicted octanol–water partition coefficient (Wildman–Crippen LogP) is 3.01. The van der Waals surface area contributed by atoms with Gasteiger partial charge in [0.25, 0.3) is 0 Å². The second-order valence-corrected chi connectivity index (χ2v) is 4.36. The number of hydrogen-bond donors (Lipinski definition) is 1. The van der Waals surface area contributed by atoms with Crippen LogP contribution in [0.25, 0.3) is 0 Å². The van der Waals surface area contributed by atoms with E-state index in [1.54, 1.807) is 6.92 Å². The first-order chi connectivity index (χ1) is 7.25. The summed E-state index contributed by atoms with van der Waals surface area (Å²) in [4.78, 5) is 0. The highest BCUT2D eigenvalue weighted by molar-refractivity contribution is 5.25. The molecule has 0 saturated carbocycles. The summed E-state index contributed by atoms with van der Waals surface area (Å²) >= 11 is 0. The van der Waals surface area contributed by atoms with Crippen LogP contribution < -0.4 is 5.32 Å². The SMILES string of the molecule is CC(F)c1cccc(CC2CCCN2)c1. The van der Waals surface area contributed by atoms with Crippen LogP contribution in [0.5, 0.6) is 0 Å². The Kier molecular flexibility index (Phi) is 3.37. The first-order valence-corrected chi connectivity index (χ1v) is 5.72. The molecule has 2 atom stereocenters. The second-order valence-electron chi connectivity index (χ2n) is 4.36. The van der Waals surface area contributed by atoms with Crippen molar-refractivity contribution >= 4 is 0 Å². The molecule has 1 N–H and O–H groups in total. The summed E-state index contributed by atoms with van der Waals surface area (Å²) in [7, 11) is 0. The second kappa shape index (κ2) is 4.75. The number of nitrogens with one attached hydrogen (secondary N) is 1. The van der Waals surface area contributed by atoms with Crippen molar-refractivity contribution in [2.45, 2.75) is 38.4 Å². The van der Waals surface area contributed by atoms with Gasteiger partial charge in [0.15, 0.2) is 0 Å². The molecule has 2 heteroatoms. The van der Waals surface area contributed by atoms with Gasteiger partial charge in [0, 0.05) is 6.04 Å². The molecule has 0 radical (unpaired) electrons. The van der Waals surface area contributed by atoms with Gasteiger partial charge in [0.05, 0.1) is 0 Å². The summed E-state index contributed by atoms with van der Waals surface area (Å²) in [6, 6.07) is 8.48. The van der Waals surface area contributed by atoms with E-state index in [4.69, 9.17) is 0 Å². The molecule has 2 rings (SSSR count). The third-order valence-corrected chi connectivity index (χ3v) is 3.05. The van der Waals surface area contributed by atoms with E-state index in [1.807, 2.05) is 18.2 Å². The first kappa shape index (κ1) is 10.6. The van der Waals surface area contributed by atoms with Gasteiger partial charge < -0.3 is 5.32 Å². The summed E-state index contributed by atoms with van der Waals surface area (Å²) in [5.41, 5.74) is 2.04. The van der Waals surface area contributed by atoms with Gasteiger partial charge in [-0.3, -0.25) is 0 Å². The van der Waals surface area contributed by atoms with Gasteiger partial charge >= 0.3 is 0 Å². The molecule has 1 saturated heterocycles. The third kappa shape index (κ3) is 2.78. The van der Waals surface area contributed by atoms with Gasteiger partial charge in [-0.05, 0) is 43.9 Å². The fourth-order valence-corrected chi connectivity index (χ4v) is 2.18. The molecule has 1 aliphatic rings. The average molecular weight is 207 g/mol. The maximum Gasteiger partial charge on any atom is 0.122 e. The van der Waals surface area contributed by atoms with Crippen molar-refractivity contribution in [3.05, 3.63) is 35.4 Å². The van der Waals surface area contributed by atoms with Crippen molar-refractivity contribution in [3.63, 3.8) is 0 Å². The van der Waals surface area contributed by atoms with E-state index in [0.29, 0.717) is 6.04 Å². The van der Waals surface area contributed by atoms with Gasteiger partial charge in [-0.15, -0.1) is 0 Å². The molecule has 1 nitrogen and oxygen atoms in total. The molecule has 1 heterocycles. The zero-order valence-corrected chi connectivity index (χ0v) is 9.17. The van der Waals surface area contributed by atoms with E-state index >= 15 is 0 Å². The van der Waals surface area contributed by atoms with Gasteiger partial charge in [-0.1, -0.05) is 24.3 Å². The lowest BCUT2D eigenvalue weighted by Crippen LogP contribution is -2.23. The zero-order valence-electron chi connectivity index (χ0n) is 9.17. The molecule has 1 aliphatic heterocycles. The molecule has 2 unspecified atom stereocenters. The molecule has 0 spiro atoms. The summed E-state index contributed by atoms with van der Waals surface area (Å²) in [5.74, 6) is 0. The van der Waals surface area contributed by atoms with Crippen LogP contribution in [-0.4, -0.2) is 12.6 Å². The number of benzene rings is 1. The smallest absolute Gasteiger partial charge is 0.122 e. The molecule has 1 fully saturated rings. The Labute approximate surface area is 90.7 Å². The maximum absolute atomic E-state index is 13.1. The van der Waals surface area contributed by atoms with Crippen LogP contribution in [0.3, 0.4) is 0 Å². The van der Waals surface area contributed by atoms with Crippen molar-refractivity contribution in [2.75, 3.05) is 6.54 Å². The highest BCUT2D eigenvalue weighted by atomic mass is 19.1. The summed E-state index contributed by atoms with van der Waals surface area (Å²) in [5, 5.41) is 3.46. The Bertz CT molecular complexity index is 316. The number of alkyl halides is 1. The molecule has 15 heavy (non-hydrogen) atoms. The van der Waals surface area contributed by atoms with E-state index in [-0.39, 0.29) is 0 Å². The van der Waals surface area contributed by atoms with Crippen LogP contribution in [0.15, 0.2) is 24.3 Å². The van der Waals surface area contributed by atoms with E-state index in [1.165, 1.54) is 18.4 Å². The van der Waals surface area contributed by atoms with Crippen LogP contribution >= 0.6 is 0 Å². The lowest BCUT2D eigenvalue weighted by Gasteiger charge is -2.11. The van der Waals surface area contributed by atoms with Crippen molar-refractivity contribution in [2.24, 2.45) is 0 Å². The Morgan fingerprint density at radius 2 is 2.40 bits per heavy atom. The van der Waals surface area contributed by atoms with E-state index in [0.717, 1.165) is 18.5 Å². The minimum absolute atomic E-state index is 0.593. The van der Waals surface area contributed by atoms with Crippen LogP contribution in [-0.2, 0) is 6.42 Å². The molecule has 0 amide bonds. The zero-order chi connectivity index (χ0) is 10.7. The maximum atomic E-state index is 13.1. The first-order valence-electron chi connectivity index (χ1n) is 5.72. The molecule has 0 aliphatic carbocycles. The number of halogens is 1.